The van der Waals surface area contributed by atoms with Crippen molar-refractivity contribution in [3.63, 3.8) is 0 Å². The van der Waals surface area contributed by atoms with E-state index in [2.05, 4.69) is 11.9 Å². The maximum absolute atomic E-state index is 9.19. The first kappa shape index (κ1) is 17.1. The van der Waals surface area contributed by atoms with E-state index in [0.29, 0.717) is 18.6 Å². The molecule has 0 spiro atoms. The summed E-state index contributed by atoms with van der Waals surface area (Å²) in [6.07, 6.45) is 5.77. The van der Waals surface area contributed by atoms with E-state index in [4.69, 9.17) is 9.47 Å². The van der Waals surface area contributed by atoms with Crippen molar-refractivity contribution in [3.8, 4) is 11.5 Å². The highest BCUT2D eigenvalue weighted by atomic mass is 16.5. The van der Waals surface area contributed by atoms with Gasteiger partial charge >= 0.3 is 0 Å². The largest absolute Gasteiger partial charge is 0.497 e. The van der Waals surface area contributed by atoms with E-state index in [9.17, 15) is 5.11 Å². The monoisotopic (exact) mass is 307 g/mol. The molecule has 0 heterocycles. The average molecular weight is 307 g/mol. The van der Waals surface area contributed by atoms with Gasteiger partial charge in [-0.05, 0) is 69.3 Å². The third kappa shape index (κ3) is 5.18. The standard InChI is InChI=1S/C18H29NO3/c1-19(16-6-4-15(14-20)5-7-16)12-3-13-22-18-10-8-17(21-2)9-11-18/h8-11,15-16,20H,3-7,12-14H2,1-2H3. The first-order chi connectivity index (χ1) is 10.7. The van der Waals surface area contributed by atoms with Crippen LogP contribution < -0.4 is 9.47 Å². The molecule has 0 bridgehead atoms. The van der Waals surface area contributed by atoms with Gasteiger partial charge in [0.05, 0.1) is 13.7 Å². The summed E-state index contributed by atoms with van der Waals surface area (Å²) < 4.78 is 10.9. The van der Waals surface area contributed by atoms with Crippen molar-refractivity contribution < 1.29 is 14.6 Å². The molecule has 0 amide bonds. The summed E-state index contributed by atoms with van der Waals surface area (Å²) in [5.41, 5.74) is 0. The normalized spacial score (nSPS) is 21.8. The van der Waals surface area contributed by atoms with E-state index in [0.717, 1.165) is 43.9 Å². The third-order valence-corrected chi connectivity index (χ3v) is 4.68. The molecule has 1 N–H and O–H groups in total. The number of hydrogen-bond acceptors (Lipinski definition) is 4. The van der Waals surface area contributed by atoms with Gasteiger partial charge in [0.2, 0.25) is 0 Å². The van der Waals surface area contributed by atoms with Crippen LogP contribution in [0, 0.1) is 5.92 Å². The molecule has 0 saturated heterocycles. The number of nitrogens with zero attached hydrogens (tertiary/aromatic N) is 1. The maximum Gasteiger partial charge on any atom is 0.119 e. The minimum atomic E-state index is 0.353. The van der Waals surface area contributed by atoms with Gasteiger partial charge in [0.15, 0.2) is 0 Å². The van der Waals surface area contributed by atoms with Crippen LogP contribution in [0.4, 0.5) is 0 Å². The molecule has 0 unspecified atom stereocenters. The second kappa shape index (κ2) is 9.01. The van der Waals surface area contributed by atoms with E-state index in [1.165, 1.54) is 12.8 Å². The first-order valence-corrected chi connectivity index (χ1v) is 8.31. The average Bonchev–Trinajstić information content (AvgIpc) is 2.59. The highest BCUT2D eigenvalue weighted by molar-refractivity contribution is 5.31. The summed E-state index contributed by atoms with van der Waals surface area (Å²) >= 11 is 0. The Bertz CT molecular complexity index is 413. The van der Waals surface area contributed by atoms with Gasteiger partial charge in [-0.1, -0.05) is 0 Å². The summed E-state index contributed by atoms with van der Waals surface area (Å²) in [6.45, 7) is 2.15. The van der Waals surface area contributed by atoms with Gasteiger partial charge in [-0.2, -0.15) is 0 Å². The number of ether oxygens (including phenoxy) is 2. The molecule has 1 saturated carbocycles. The Morgan fingerprint density at radius 2 is 1.73 bits per heavy atom. The molecule has 1 aromatic rings. The van der Waals surface area contributed by atoms with E-state index >= 15 is 0 Å². The molecular weight excluding hydrogens is 278 g/mol. The predicted octanol–water partition coefficient (Wildman–Crippen LogP) is 2.95. The van der Waals surface area contributed by atoms with Crippen LogP contribution in [0.2, 0.25) is 0 Å². The zero-order valence-electron chi connectivity index (χ0n) is 13.8. The molecule has 0 atom stereocenters. The van der Waals surface area contributed by atoms with Crippen molar-refractivity contribution in [2.24, 2.45) is 5.92 Å². The number of aliphatic hydroxyl groups excluding tert-OH is 1. The highest BCUT2D eigenvalue weighted by Crippen LogP contribution is 2.26. The van der Waals surface area contributed by atoms with Gasteiger partial charge in [0.25, 0.3) is 0 Å². The lowest BCUT2D eigenvalue weighted by Gasteiger charge is -2.34. The minimum Gasteiger partial charge on any atom is -0.497 e. The SMILES string of the molecule is COc1ccc(OCCCN(C)C2CCC(CO)CC2)cc1. The van der Waals surface area contributed by atoms with Gasteiger partial charge < -0.3 is 19.5 Å². The molecule has 0 aromatic heterocycles. The van der Waals surface area contributed by atoms with Gasteiger partial charge in [-0.25, -0.2) is 0 Å². The van der Waals surface area contributed by atoms with E-state index < -0.39 is 0 Å². The van der Waals surface area contributed by atoms with Crippen LogP contribution in [0.15, 0.2) is 24.3 Å². The molecular formula is C18H29NO3. The van der Waals surface area contributed by atoms with Crippen LogP contribution in [0.1, 0.15) is 32.1 Å². The summed E-state index contributed by atoms with van der Waals surface area (Å²) in [5.74, 6) is 2.28. The molecule has 1 aliphatic carbocycles. The summed E-state index contributed by atoms with van der Waals surface area (Å²) in [7, 11) is 3.87. The lowest BCUT2D eigenvalue weighted by Crippen LogP contribution is -2.36. The summed E-state index contributed by atoms with van der Waals surface area (Å²) in [6, 6.07) is 8.39. The molecule has 22 heavy (non-hydrogen) atoms. The zero-order valence-corrected chi connectivity index (χ0v) is 13.8. The minimum absolute atomic E-state index is 0.353. The number of aliphatic hydroxyl groups is 1. The first-order valence-electron chi connectivity index (χ1n) is 8.31. The number of rotatable bonds is 8. The van der Waals surface area contributed by atoms with Crippen LogP contribution >= 0.6 is 0 Å². The van der Waals surface area contributed by atoms with Crippen molar-refractivity contribution in [2.75, 3.05) is 33.9 Å². The van der Waals surface area contributed by atoms with Crippen LogP contribution in [-0.2, 0) is 0 Å². The Hall–Kier alpha value is -1.26. The van der Waals surface area contributed by atoms with Crippen molar-refractivity contribution in [3.05, 3.63) is 24.3 Å². The fraction of sp³-hybridized carbons (Fsp3) is 0.667. The quantitative estimate of drug-likeness (QED) is 0.750. The highest BCUT2D eigenvalue weighted by Gasteiger charge is 2.23. The fourth-order valence-corrected chi connectivity index (χ4v) is 3.13. The van der Waals surface area contributed by atoms with Crippen molar-refractivity contribution >= 4 is 0 Å². The molecule has 1 fully saturated rings. The second-order valence-corrected chi connectivity index (χ2v) is 6.22. The van der Waals surface area contributed by atoms with Crippen molar-refractivity contribution in [1.29, 1.82) is 0 Å². The van der Waals surface area contributed by atoms with E-state index in [1.54, 1.807) is 7.11 Å². The Kier molecular flexibility index (Phi) is 7.00. The van der Waals surface area contributed by atoms with Crippen molar-refractivity contribution in [1.82, 2.24) is 4.90 Å². The molecule has 1 aromatic carbocycles. The summed E-state index contributed by atoms with van der Waals surface area (Å²) in [4.78, 5) is 2.45. The Labute approximate surface area is 134 Å². The molecule has 4 nitrogen and oxygen atoms in total. The smallest absolute Gasteiger partial charge is 0.119 e. The molecule has 1 aliphatic rings. The van der Waals surface area contributed by atoms with Gasteiger partial charge in [0, 0.05) is 19.2 Å². The van der Waals surface area contributed by atoms with E-state index in [1.807, 2.05) is 24.3 Å². The van der Waals surface area contributed by atoms with Gasteiger partial charge in [-0.3, -0.25) is 0 Å². The molecule has 4 heteroatoms. The van der Waals surface area contributed by atoms with Gasteiger partial charge in [-0.15, -0.1) is 0 Å². The van der Waals surface area contributed by atoms with Crippen LogP contribution in [0.5, 0.6) is 11.5 Å². The topological polar surface area (TPSA) is 41.9 Å². The lowest BCUT2D eigenvalue weighted by molar-refractivity contribution is 0.123. The predicted molar refractivity (Wildman–Crippen MR) is 88.6 cm³/mol. The molecule has 124 valence electrons. The number of hydrogen-bond donors (Lipinski definition) is 1. The molecule has 0 aliphatic heterocycles. The Morgan fingerprint density at radius 1 is 1.09 bits per heavy atom. The van der Waals surface area contributed by atoms with Crippen LogP contribution in [0.25, 0.3) is 0 Å². The van der Waals surface area contributed by atoms with Gasteiger partial charge in [0.1, 0.15) is 11.5 Å². The Morgan fingerprint density at radius 3 is 2.32 bits per heavy atom. The molecule has 2 rings (SSSR count). The summed E-state index contributed by atoms with van der Waals surface area (Å²) in [5, 5.41) is 9.19. The fourth-order valence-electron chi connectivity index (χ4n) is 3.13. The lowest BCUT2D eigenvalue weighted by atomic mass is 9.86. The number of methoxy groups -OCH3 is 1. The maximum atomic E-state index is 9.19. The van der Waals surface area contributed by atoms with Crippen LogP contribution in [0.3, 0.4) is 0 Å². The van der Waals surface area contributed by atoms with E-state index in [-0.39, 0.29) is 0 Å². The Balaban J connectivity index is 1.61. The number of benzene rings is 1. The molecule has 0 radical (unpaired) electrons. The van der Waals surface area contributed by atoms with Crippen molar-refractivity contribution in [2.45, 2.75) is 38.1 Å². The third-order valence-electron chi connectivity index (χ3n) is 4.68. The second-order valence-electron chi connectivity index (χ2n) is 6.22. The zero-order chi connectivity index (χ0) is 15.8. The van der Waals surface area contributed by atoms with Crippen LogP contribution in [-0.4, -0.2) is 50.0 Å².